The SMILES string of the molecule is COc1ccccc1N1CCN(C(=O)C(=O)NC2CC2)CC1. The van der Waals surface area contributed by atoms with Gasteiger partial charge in [0.1, 0.15) is 5.75 Å². The summed E-state index contributed by atoms with van der Waals surface area (Å²) in [5.74, 6) is -0.0476. The fraction of sp³-hybridized carbons (Fsp3) is 0.500. The van der Waals surface area contributed by atoms with Crippen LogP contribution >= 0.6 is 0 Å². The van der Waals surface area contributed by atoms with Crippen molar-refractivity contribution in [3.63, 3.8) is 0 Å². The molecule has 1 N–H and O–H groups in total. The number of carbonyl (C=O) groups excluding carboxylic acids is 2. The Morgan fingerprint density at radius 3 is 2.45 bits per heavy atom. The van der Waals surface area contributed by atoms with Gasteiger partial charge in [0, 0.05) is 32.2 Å². The predicted molar refractivity (Wildman–Crippen MR) is 83.0 cm³/mol. The molecule has 6 nitrogen and oxygen atoms in total. The van der Waals surface area contributed by atoms with Crippen LogP contribution in [-0.4, -0.2) is 56.0 Å². The Kier molecular flexibility index (Phi) is 4.18. The van der Waals surface area contributed by atoms with E-state index in [0.717, 1.165) is 24.3 Å². The first kappa shape index (κ1) is 14.7. The number of anilines is 1. The summed E-state index contributed by atoms with van der Waals surface area (Å²) in [5, 5.41) is 2.75. The first-order valence-electron chi connectivity index (χ1n) is 7.67. The molecule has 1 saturated heterocycles. The Morgan fingerprint density at radius 2 is 1.82 bits per heavy atom. The van der Waals surface area contributed by atoms with E-state index in [1.807, 2.05) is 24.3 Å². The van der Waals surface area contributed by atoms with Gasteiger partial charge in [0.25, 0.3) is 0 Å². The molecule has 1 aliphatic carbocycles. The second-order valence-electron chi connectivity index (χ2n) is 5.70. The number of benzene rings is 1. The number of hydrogen-bond donors (Lipinski definition) is 1. The van der Waals surface area contributed by atoms with Gasteiger partial charge in [0.15, 0.2) is 0 Å². The van der Waals surface area contributed by atoms with E-state index < -0.39 is 11.8 Å². The number of rotatable bonds is 3. The van der Waals surface area contributed by atoms with Crippen LogP contribution in [-0.2, 0) is 9.59 Å². The summed E-state index contributed by atoms with van der Waals surface area (Å²) in [5.41, 5.74) is 1.03. The molecule has 1 aromatic rings. The first-order valence-corrected chi connectivity index (χ1v) is 7.67. The number of nitrogens with one attached hydrogen (secondary N) is 1. The third-order valence-electron chi connectivity index (χ3n) is 4.10. The second-order valence-corrected chi connectivity index (χ2v) is 5.70. The van der Waals surface area contributed by atoms with Gasteiger partial charge in [-0.05, 0) is 25.0 Å². The molecule has 0 atom stereocenters. The molecule has 2 aliphatic rings. The average Bonchev–Trinajstić information content (AvgIpc) is 3.38. The van der Waals surface area contributed by atoms with Crippen molar-refractivity contribution in [1.29, 1.82) is 0 Å². The number of carbonyl (C=O) groups is 2. The lowest BCUT2D eigenvalue weighted by molar-refractivity contribution is -0.146. The number of methoxy groups -OCH3 is 1. The molecule has 118 valence electrons. The number of hydrogen-bond acceptors (Lipinski definition) is 4. The maximum Gasteiger partial charge on any atom is 0.312 e. The van der Waals surface area contributed by atoms with Crippen molar-refractivity contribution >= 4 is 17.5 Å². The molecular weight excluding hydrogens is 282 g/mol. The highest BCUT2D eigenvalue weighted by Crippen LogP contribution is 2.28. The minimum Gasteiger partial charge on any atom is -0.495 e. The van der Waals surface area contributed by atoms with Crippen LogP contribution < -0.4 is 15.0 Å². The number of amides is 2. The second kappa shape index (κ2) is 6.25. The van der Waals surface area contributed by atoms with Gasteiger partial charge in [-0.3, -0.25) is 9.59 Å². The fourth-order valence-corrected chi connectivity index (χ4v) is 2.66. The Bertz CT molecular complexity index is 564. The molecule has 1 saturated carbocycles. The summed E-state index contributed by atoms with van der Waals surface area (Å²) in [4.78, 5) is 27.7. The van der Waals surface area contributed by atoms with Crippen molar-refractivity contribution in [3.8, 4) is 5.75 Å². The first-order chi connectivity index (χ1) is 10.7. The largest absolute Gasteiger partial charge is 0.495 e. The van der Waals surface area contributed by atoms with Crippen molar-refractivity contribution in [2.24, 2.45) is 0 Å². The van der Waals surface area contributed by atoms with Crippen molar-refractivity contribution in [2.75, 3.05) is 38.2 Å². The average molecular weight is 303 g/mol. The Hall–Kier alpha value is -2.24. The number of nitrogens with zero attached hydrogens (tertiary/aromatic N) is 2. The molecule has 6 heteroatoms. The van der Waals surface area contributed by atoms with Gasteiger partial charge in [-0.25, -0.2) is 0 Å². The zero-order valence-corrected chi connectivity index (χ0v) is 12.7. The quantitative estimate of drug-likeness (QED) is 0.832. The Morgan fingerprint density at radius 1 is 1.14 bits per heavy atom. The Labute approximate surface area is 130 Å². The maximum absolute atomic E-state index is 12.1. The van der Waals surface area contributed by atoms with Gasteiger partial charge in [0.05, 0.1) is 12.8 Å². The summed E-state index contributed by atoms with van der Waals surface area (Å²) in [6.45, 7) is 2.50. The molecule has 1 aliphatic heterocycles. The molecule has 0 unspecified atom stereocenters. The molecule has 0 radical (unpaired) electrons. The van der Waals surface area contributed by atoms with E-state index in [-0.39, 0.29) is 6.04 Å². The lowest BCUT2D eigenvalue weighted by Gasteiger charge is -2.36. The minimum atomic E-state index is -0.465. The summed E-state index contributed by atoms with van der Waals surface area (Å²) in [7, 11) is 1.65. The molecule has 0 spiro atoms. The summed E-state index contributed by atoms with van der Waals surface area (Å²) in [6, 6.07) is 8.06. The molecule has 1 aromatic carbocycles. The summed E-state index contributed by atoms with van der Waals surface area (Å²) < 4.78 is 5.38. The van der Waals surface area contributed by atoms with Gasteiger partial charge in [-0.2, -0.15) is 0 Å². The highest BCUT2D eigenvalue weighted by atomic mass is 16.5. The zero-order chi connectivity index (χ0) is 15.5. The van der Waals surface area contributed by atoms with Crippen molar-refractivity contribution in [1.82, 2.24) is 10.2 Å². The van der Waals surface area contributed by atoms with Gasteiger partial charge >= 0.3 is 11.8 Å². The van der Waals surface area contributed by atoms with E-state index in [1.165, 1.54) is 0 Å². The van der Waals surface area contributed by atoms with Crippen LogP contribution in [0.15, 0.2) is 24.3 Å². The van der Waals surface area contributed by atoms with Gasteiger partial charge in [0.2, 0.25) is 0 Å². The van der Waals surface area contributed by atoms with Crippen LogP contribution in [0.2, 0.25) is 0 Å². The molecular formula is C16H21N3O3. The lowest BCUT2D eigenvalue weighted by Crippen LogP contribution is -2.53. The molecule has 22 heavy (non-hydrogen) atoms. The lowest BCUT2D eigenvalue weighted by atomic mass is 10.2. The van der Waals surface area contributed by atoms with Crippen LogP contribution in [0.4, 0.5) is 5.69 Å². The minimum absolute atomic E-state index is 0.214. The zero-order valence-electron chi connectivity index (χ0n) is 12.7. The molecule has 0 bridgehead atoms. The van der Waals surface area contributed by atoms with Crippen LogP contribution in [0.5, 0.6) is 5.75 Å². The van der Waals surface area contributed by atoms with Crippen LogP contribution in [0.25, 0.3) is 0 Å². The van der Waals surface area contributed by atoms with E-state index in [1.54, 1.807) is 12.0 Å². The number of para-hydroxylation sites is 2. The van der Waals surface area contributed by atoms with E-state index in [4.69, 9.17) is 4.74 Å². The normalized spacial score (nSPS) is 18.0. The van der Waals surface area contributed by atoms with E-state index in [9.17, 15) is 9.59 Å². The summed E-state index contributed by atoms with van der Waals surface area (Å²) >= 11 is 0. The number of piperazine rings is 1. The van der Waals surface area contributed by atoms with Gasteiger partial charge in [-0.15, -0.1) is 0 Å². The van der Waals surface area contributed by atoms with Crippen molar-refractivity contribution in [2.45, 2.75) is 18.9 Å². The Balaban J connectivity index is 1.57. The molecule has 3 rings (SSSR count). The third-order valence-corrected chi connectivity index (χ3v) is 4.10. The van der Waals surface area contributed by atoms with Crippen molar-refractivity contribution in [3.05, 3.63) is 24.3 Å². The monoisotopic (exact) mass is 303 g/mol. The topological polar surface area (TPSA) is 61.9 Å². The van der Waals surface area contributed by atoms with E-state index in [2.05, 4.69) is 10.2 Å². The van der Waals surface area contributed by atoms with Crippen molar-refractivity contribution < 1.29 is 14.3 Å². The van der Waals surface area contributed by atoms with E-state index >= 15 is 0 Å². The number of ether oxygens (including phenoxy) is 1. The summed E-state index contributed by atoms with van der Waals surface area (Å²) in [6.07, 6.45) is 1.97. The maximum atomic E-state index is 12.1. The van der Waals surface area contributed by atoms with Crippen LogP contribution in [0.1, 0.15) is 12.8 Å². The molecule has 2 fully saturated rings. The predicted octanol–water partition coefficient (Wildman–Crippen LogP) is 0.622. The third kappa shape index (κ3) is 3.16. The van der Waals surface area contributed by atoms with Gasteiger partial charge in [-0.1, -0.05) is 12.1 Å². The standard InChI is InChI=1S/C16H21N3O3/c1-22-14-5-3-2-4-13(14)18-8-10-19(11-9-18)16(21)15(20)17-12-6-7-12/h2-5,12H,6-11H2,1H3,(H,17,20). The van der Waals surface area contributed by atoms with Crippen LogP contribution in [0.3, 0.4) is 0 Å². The highest BCUT2D eigenvalue weighted by Gasteiger charge is 2.31. The van der Waals surface area contributed by atoms with E-state index in [0.29, 0.717) is 26.2 Å². The molecule has 1 heterocycles. The smallest absolute Gasteiger partial charge is 0.312 e. The fourth-order valence-electron chi connectivity index (χ4n) is 2.66. The molecule has 2 amide bonds. The van der Waals surface area contributed by atoms with Gasteiger partial charge < -0.3 is 19.9 Å². The highest BCUT2D eigenvalue weighted by molar-refractivity contribution is 6.35. The van der Waals surface area contributed by atoms with Crippen LogP contribution in [0, 0.1) is 0 Å². The molecule has 0 aromatic heterocycles.